The average Bonchev–Trinajstić information content (AvgIpc) is 3.16. The van der Waals surface area contributed by atoms with Gasteiger partial charge >= 0.3 is 0 Å². The van der Waals surface area contributed by atoms with E-state index in [4.69, 9.17) is 0 Å². The average molecular weight is 443 g/mol. The third-order valence-electron chi connectivity index (χ3n) is 4.98. The first kappa shape index (κ1) is 20.7. The molecule has 0 bridgehead atoms. The molecule has 0 spiro atoms. The van der Waals surface area contributed by atoms with E-state index < -0.39 is 10.0 Å². The number of nitrogens with one attached hydrogen (secondary N) is 2. The van der Waals surface area contributed by atoms with Crippen molar-refractivity contribution in [2.45, 2.75) is 24.4 Å². The van der Waals surface area contributed by atoms with E-state index in [1.165, 1.54) is 53.1 Å². The van der Waals surface area contributed by atoms with Crippen molar-refractivity contribution in [2.24, 2.45) is 0 Å². The van der Waals surface area contributed by atoms with Gasteiger partial charge in [0.05, 0.1) is 10.6 Å². The number of hydrogen-bond donors (Lipinski definition) is 2. The zero-order chi connectivity index (χ0) is 21.1. The van der Waals surface area contributed by atoms with E-state index in [0.717, 1.165) is 31.7 Å². The van der Waals surface area contributed by atoms with Crippen molar-refractivity contribution < 1.29 is 13.2 Å². The summed E-state index contributed by atoms with van der Waals surface area (Å²) < 4.78 is 25.9. The highest BCUT2D eigenvalue weighted by atomic mass is 32.2. The molecule has 1 aliphatic rings. The molecule has 1 amide bonds. The molecule has 9 heteroatoms. The number of fused-ring (bicyclic) bond motifs is 1. The number of sulfonamides is 1. The SMILES string of the molecule is CNS(=O)(=O)c1ccc(C(=O)Nc2nc3c(s2)CN(Cc2ccccc2)CC3)cc1. The summed E-state index contributed by atoms with van der Waals surface area (Å²) in [4.78, 5) is 20.8. The number of carbonyl (C=O) groups excluding carboxylic acids is 1. The van der Waals surface area contributed by atoms with Gasteiger partial charge in [0.25, 0.3) is 5.91 Å². The highest BCUT2D eigenvalue weighted by molar-refractivity contribution is 7.89. The topological polar surface area (TPSA) is 91.4 Å². The Kier molecular flexibility index (Phi) is 5.96. The van der Waals surface area contributed by atoms with E-state index in [-0.39, 0.29) is 10.8 Å². The largest absolute Gasteiger partial charge is 0.298 e. The molecule has 0 saturated carbocycles. The van der Waals surface area contributed by atoms with Crippen molar-refractivity contribution in [3.63, 3.8) is 0 Å². The number of hydrogen-bond acceptors (Lipinski definition) is 6. The minimum absolute atomic E-state index is 0.116. The summed E-state index contributed by atoms with van der Waals surface area (Å²) in [5.41, 5.74) is 2.70. The second-order valence-corrected chi connectivity index (χ2v) is 9.99. The molecule has 0 atom stereocenters. The molecule has 0 saturated heterocycles. The van der Waals surface area contributed by atoms with Crippen LogP contribution in [-0.4, -0.2) is 37.8 Å². The highest BCUT2D eigenvalue weighted by Gasteiger charge is 2.22. The fraction of sp³-hybridized carbons (Fsp3) is 0.238. The van der Waals surface area contributed by atoms with Gasteiger partial charge in [0, 0.05) is 36.5 Å². The summed E-state index contributed by atoms with van der Waals surface area (Å²) >= 11 is 1.49. The van der Waals surface area contributed by atoms with E-state index in [2.05, 4.69) is 32.1 Å². The molecule has 156 valence electrons. The molecule has 1 aliphatic heterocycles. The fourth-order valence-electron chi connectivity index (χ4n) is 3.35. The summed E-state index contributed by atoms with van der Waals surface area (Å²) in [5, 5.41) is 3.41. The van der Waals surface area contributed by atoms with E-state index >= 15 is 0 Å². The third kappa shape index (κ3) is 4.59. The quantitative estimate of drug-likeness (QED) is 0.613. The molecule has 4 rings (SSSR count). The fourth-order valence-corrected chi connectivity index (χ4v) is 5.13. The van der Waals surface area contributed by atoms with Crippen molar-refractivity contribution >= 4 is 32.4 Å². The van der Waals surface area contributed by atoms with Crippen LogP contribution >= 0.6 is 11.3 Å². The standard InChI is InChI=1S/C21H22N4O3S2/c1-22-30(27,28)17-9-7-16(8-10-17)20(26)24-21-23-18-11-12-25(14-19(18)29-21)13-15-5-3-2-4-6-15/h2-10,22H,11-14H2,1H3,(H,23,24,26). The number of nitrogens with zero attached hydrogens (tertiary/aromatic N) is 2. The number of rotatable bonds is 6. The predicted molar refractivity (Wildman–Crippen MR) is 117 cm³/mol. The normalized spacial score (nSPS) is 14.3. The van der Waals surface area contributed by atoms with Gasteiger partial charge in [0.2, 0.25) is 10.0 Å². The number of aromatic nitrogens is 1. The van der Waals surface area contributed by atoms with Crippen LogP contribution in [0.1, 0.15) is 26.5 Å². The molecule has 2 N–H and O–H groups in total. The van der Waals surface area contributed by atoms with Crippen molar-refractivity contribution in [3.05, 3.63) is 76.3 Å². The summed E-state index contributed by atoms with van der Waals surface area (Å²) in [6.45, 7) is 2.64. The Morgan fingerprint density at radius 2 is 1.87 bits per heavy atom. The van der Waals surface area contributed by atoms with Gasteiger partial charge in [0.1, 0.15) is 0 Å². The predicted octanol–water partition coefficient (Wildman–Crippen LogP) is 2.86. The van der Waals surface area contributed by atoms with Crippen LogP contribution in [0.3, 0.4) is 0 Å². The number of anilines is 1. The van der Waals surface area contributed by atoms with Crippen molar-refractivity contribution in [1.82, 2.24) is 14.6 Å². The van der Waals surface area contributed by atoms with Crippen LogP contribution in [0.5, 0.6) is 0 Å². The van der Waals surface area contributed by atoms with Crippen LogP contribution in [0.25, 0.3) is 0 Å². The number of benzene rings is 2. The summed E-state index contributed by atoms with van der Waals surface area (Å²) in [7, 11) is -2.18. The lowest BCUT2D eigenvalue weighted by Crippen LogP contribution is -2.29. The van der Waals surface area contributed by atoms with Gasteiger partial charge in [-0.1, -0.05) is 30.3 Å². The van der Waals surface area contributed by atoms with Crippen molar-refractivity contribution in [3.8, 4) is 0 Å². The first-order valence-corrected chi connectivity index (χ1v) is 11.8. The first-order valence-electron chi connectivity index (χ1n) is 9.54. The van der Waals surface area contributed by atoms with E-state index in [0.29, 0.717) is 10.7 Å². The second-order valence-electron chi connectivity index (χ2n) is 7.02. The molecule has 0 radical (unpaired) electrons. The Bertz CT molecular complexity index is 1140. The van der Waals surface area contributed by atoms with Crippen LogP contribution in [0.15, 0.2) is 59.5 Å². The van der Waals surface area contributed by atoms with Gasteiger partial charge in [-0.05, 0) is 36.9 Å². The van der Waals surface area contributed by atoms with E-state index in [9.17, 15) is 13.2 Å². The van der Waals surface area contributed by atoms with Crippen molar-refractivity contribution in [2.75, 3.05) is 18.9 Å². The maximum absolute atomic E-state index is 12.5. The molecule has 1 aromatic heterocycles. The van der Waals surface area contributed by atoms with Gasteiger partial charge in [-0.15, -0.1) is 11.3 Å². The van der Waals surface area contributed by atoms with Gasteiger partial charge in [-0.2, -0.15) is 0 Å². The number of thiazole rings is 1. The number of carbonyl (C=O) groups is 1. The minimum atomic E-state index is -3.53. The monoisotopic (exact) mass is 442 g/mol. The lowest BCUT2D eigenvalue weighted by molar-refractivity contribution is 0.102. The molecular weight excluding hydrogens is 420 g/mol. The Balaban J connectivity index is 1.41. The number of amides is 1. The van der Waals surface area contributed by atoms with Crippen LogP contribution in [0, 0.1) is 0 Å². The second kappa shape index (κ2) is 8.65. The third-order valence-corrected chi connectivity index (χ3v) is 7.40. The maximum Gasteiger partial charge on any atom is 0.257 e. The van der Waals surface area contributed by atoms with Gasteiger partial charge in [-0.3, -0.25) is 15.0 Å². The molecular formula is C21H22N4O3S2. The summed E-state index contributed by atoms with van der Waals surface area (Å²) in [6.07, 6.45) is 0.852. The Morgan fingerprint density at radius 1 is 1.13 bits per heavy atom. The Morgan fingerprint density at radius 3 is 2.57 bits per heavy atom. The minimum Gasteiger partial charge on any atom is -0.298 e. The molecule has 2 heterocycles. The maximum atomic E-state index is 12.5. The van der Waals surface area contributed by atoms with Gasteiger partial charge in [0.15, 0.2) is 5.13 Å². The zero-order valence-corrected chi connectivity index (χ0v) is 18.1. The van der Waals surface area contributed by atoms with Gasteiger partial charge in [-0.25, -0.2) is 18.1 Å². The highest BCUT2D eigenvalue weighted by Crippen LogP contribution is 2.29. The lowest BCUT2D eigenvalue weighted by Gasteiger charge is -2.25. The Labute approximate surface area is 179 Å². The molecule has 0 aliphatic carbocycles. The summed E-state index contributed by atoms with van der Waals surface area (Å²) in [6, 6.07) is 16.2. The molecule has 0 unspecified atom stereocenters. The smallest absolute Gasteiger partial charge is 0.257 e. The Hall–Kier alpha value is -2.59. The van der Waals surface area contributed by atoms with Gasteiger partial charge < -0.3 is 0 Å². The molecule has 7 nitrogen and oxygen atoms in total. The van der Waals surface area contributed by atoms with E-state index in [1.807, 2.05) is 18.2 Å². The van der Waals surface area contributed by atoms with Crippen LogP contribution in [-0.2, 0) is 29.5 Å². The first-order chi connectivity index (χ1) is 14.4. The molecule has 2 aromatic carbocycles. The van der Waals surface area contributed by atoms with Crippen LogP contribution < -0.4 is 10.0 Å². The lowest BCUT2D eigenvalue weighted by atomic mass is 10.1. The van der Waals surface area contributed by atoms with E-state index in [1.54, 1.807) is 0 Å². The van der Waals surface area contributed by atoms with Crippen molar-refractivity contribution in [1.29, 1.82) is 0 Å². The summed E-state index contributed by atoms with van der Waals surface area (Å²) in [5.74, 6) is -0.310. The zero-order valence-electron chi connectivity index (χ0n) is 16.5. The van der Waals surface area contributed by atoms with Crippen LogP contribution in [0.2, 0.25) is 0 Å². The molecule has 30 heavy (non-hydrogen) atoms. The van der Waals surface area contributed by atoms with Crippen LogP contribution in [0.4, 0.5) is 5.13 Å². The molecule has 0 fully saturated rings. The molecule has 3 aromatic rings.